The van der Waals surface area contributed by atoms with Gasteiger partial charge in [-0.05, 0) is 19.1 Å². The predicted octanol–water partition coefficient (Wildman–Crippen LogP) is 1.63. The fourth-order valence-corrected chi connectivity index (χ4v) is 3.06. The standard InChI is InChI=1S/C16H22N4O2/c1-4-20-9-13-12(11-22-3)8-19(10-14(13)17-20)16(21)15-6-5-7-18(15)2/h5-7,9,12H,4,8,10-11H2,1-3H3/t12-/m1/s1. The van der Waals surface area contributed by atoms with Crippen molar-refractivity contribution < 1.29 is 9.53 Å². The van der Waals surface area contributed by atoms with E-state index in [2.05, 4.69) is 18.2 Å². The van der Waals surface area contributed by atoms with Gasteiger partial charge in [-0.25, -0.2) is 0 Å². The Morgan fingerprint density at radius 2 is 2.32 bits per heavy atom. The van der Waals surface area contributed by atoms with Crippen LogP contribution >= 0.6 is 0 Å². The number of hydrogen-bond acceptors (Lipinski definition) is 3. The third kappa shape index (κ3) is 2.54. The minimum atomic E-state index is 0.0466. The van der Waals surface area contributed by atoms with Crippen molar-refractivity contribution in [2.45, 2.75) is 25.9 Å². The molecule has 0 spiro atoms. The quantitative estimate of drug-likeness (QED) is 0.862. The maximum Gasteiger partial charge on any atom is 0.270 e. The number of fused-ring (bicyclic) bond motifs is 1. The molecule has 0 fully saturated rings. The average Bonchev–Trinajstić information content (AvgIpc) is 3.12. The second-order valence-corrected chi connectivity index (χ2v) is 5.73. The fourth-order valence-electron chi connectivity index (χ4n) is 3.06. The molecule has 0 radical (unpaired) electrons. The van der Waals surface area contributed by atoms with Gasteiger partial charge < -0.3 is 14.2 Å². The zero-order chi connectivity index (χ0) is 15.7. The molecule has 22 heavy (non-hydrogen) atoms. The molecule has 0 N–H and O–H groups in total. The van der Waals surface area contributed by atoms with E-state index < -0.39 is 0 Å². The Morgan fingerprint density at radius 1 is 1.50 bits per heavy atom. The third-order valence-electron chi connectivity index (χ3n) is 4.23. The highest BCUT2D eigenvalue weighted by Gasteiger charge is 2.31. The molecule has 2 aromatic rings. The van der Waals surface area contributed by atoms with E-state index in [1.54, 1.807) is 7.11 Å². The van der Waals surface area contributed by atoms with Crippen molar-refractivity contribution in [1.29, 1.82) is 0 Å². The van der Waals surface area contributed by atoms with Gasteiger partial charge >= 0.3 is 0 Å². The van der Waals surface area contributed by atoms with Crippen molar-refractivity contribution in [2.24, 2.45) is 7.05 Å². The van der Waals surface area contributed by atoms with Crippen molar-refractivity contribution in [1.82, 2.24) is 19.2 Å². The van der Waals surface area contributed by atoms with Crippen molar-refractivity contribution in [3.05, 3.63) is 41.5 Å². The molecule has 0 aliphatic carbocycles. The van der Waals surface area contributed by atoms with Crippen LogP contribution in [0.2, 0.25) is 0 Å². The van der Waals surface area contributed by atoms with Gasteiger partial charge in [0.2, 0.25) is 0 Å². The zero-order valence-corrected chi connectivity index (χ0v) is 13.3. The van der Waals surface area contributed by atoms with Crippen molar-refractivity contribution in [3.63, 3.8) is 0 Å². The number of aryl methyl sites for hydroxylation is 2. The predicted molar refractivity (Wildman–Crippen MR) is 82.7 cm³/mol. The minimum absolute atomic E-state index is 0.0466. The van der Waals surface area contributed by atoms with Crippen LogP contribution in [0.5, 0.6) is 0 Å². The SMILES string of the molecule is CCn1cc2c(n1)CN(C(=O)c1cccn1C)C[C@@H]2COC. The van der Waals surface area contributed by atoms with Crippen LogP contribution in [0.15, 0.2) is 24.5 Å². The molecule has 1 aliphatic heterocycles. The summed E-state index contributed by atoms with van der Waals surface area (Å²) in [5.41, 5.74) is 2.90. The summed E-state index contributed by atoms with van der Waals surface area (Å²) in [4.78, 5) is 14.6. The van der Waals surface area contributed by atoms with E-state index in [0.717, 1.165) is 12.2 Å². The van der Waals surface area contributed by atoms with Crippen LogP contribution in [0.3, 0.4) is 0 Å². The molecule has 0 unspecified atom stereocenters. The lowest BCUT2D eigenvalue weighted by Gasteiger charge is -2.31. The number of rotatable bonds is 4. The summed E-state index contributed by atoms with van der Waals surface area (Å²) in [5, 5.41) is 4.60. The number of aromatic nitrogens is 3. The van der Waals surface area contributed by atoms with Crippen molar-refractivity contribution in [3.8, 4) is 0 Å². The van der Waals surface area contributed by atoms with Gasteiger partial charge in [0.15, 0.2) is 0 Å². The third-order valence-corrected chi connectivity index (χ3v) is 4.23. The Bertz CT molecular complexity index is 673. The first-order valence-electron chi connectivity index (χ1n) is 7.59. The average molecular weight is 302 g/mol. The van der Waals surface area contributed by atoms with Crippen LogP contribution < -0.4 is 0 Å². The number of methoxy groups -OCH3 is 1. The molecule has 118 valence electrons. The van der Waals surface area contributed by atoms with E-state index >= 15 is 0 Å². The van der Waals surface area contributed by atoms with Gasteiger partial charge in [0, 0.05) is 51.1 Å². The lowest BCUT2D eigenvalue weighted by molar-refractivity contribution is 0.0668. The van der Waals surface area contributed by atoms with Gasteiger partial charge in [-0.1, -0.05) is 0 Å². The van der Waals surface area contributed by atoms with E-state index in [1.807, 2.05) is 39.5 Å². The zero-order valence-electron chi connectivity index (χ0n) is 13.3. The summed E-state index contributed by atoms with van der Waals surface area (Å²) >= 11 is 0. The molecule has 3 heterocycles. The first-order chi connectivity index (χ1) is 10.6. The number of ether oxygens (including phenoxy) is 1. The molecule has 0 saturated heterocycles. The highest BCUT2D eigenvalue weighted by atomic mass is 16.5. The number of carbonyl (C=O) groups excluding carboxylic acids is 1. The highest BCUT2D eigenvalue weighted by Crippen LogP contribution is 2.28. The number of amides is 1. The van der Waals surface area contributed by atoms with Crippen molar-refractivity contribution in [2.75, 3.05) is 20.3 Å². The van der Waals surface area contributed by atoms with Gasteiger partial charge in [0.05, 0.1) is 18.8 Å². The summed E-state index contributed by atoms with van der Waals surface area (Å²) in [6.07, 6.45) is 3.98. The minimum Gasteiger partial charge on any atom is -0.384 e. The number of carbonyl (C=O) groups is 1. The Morgan fingerprint density at radius 3 is 2.95 bits per heavy atom. The smallest absolute Gasteiger partial charge is 0.270 e. The van der Waals surface area contributed by atoms with E-state index in [0.29, 0.717) is 25.4 Å². The molecule has 1 aliphatic rings. The topological polar surface area (TPSA) is 52.3 Å². The van der Waals surface area contributed by atoms with Gasteiger partial charge in [0.1, 0.15) is 5.69 Å². The van der Waals surface area contributed by atoms with Crippen LogP contribution in [-0.4, -0.2) is 45.4 Å². The second-order valence-electron chi connectivity index (χ2n) is 5.73. The highest BCUT2D eigenvalue weighted by molar-refractivity contribution is 5.92. The largest absolute Gasteiger partial charge is 0.384 e. The van der Waals surface area contributed by atoms with E-state index in [1.165, 1.54) is 5.56 Å². The van der Waals surface area contributed by atoms with Gasteiger partial charge in [0.25, 0.3) is 5.91 Å². The molecule has 2 aromatic heterocycles. The molecule has 0 saturated carbocycles. The summed E-state index contributed by atoms with van der Waals surface area (Å²) in [5.74, 6) is 0.226. The summed E-state index contributed by atoms with van der Waals surface area (Å²) in [6, 6.07) is 3.74. The first-order valence-corrected chi connectivity index (χ1v) is 7.59. The molecule has 6 nitrogen and oxygen atoms in total. The Labute approximate surface area is 130 Å². The second kappa shape index (κ2) is 5.96. The lowest BCUT2D eigenvalue weighted by atomic mass is 9.95. The molecule has 0 bridgehead atoms. The maximum absolute atomic E-state index is 12.7. The van der Waals surface area contributed by atoms with Gasteiger partial charge in [-0.15, -0.1) is 0 Å². The van der Waals surface area contributed by atoms with Crippen LogP contribution in [0.25, 0.3) is 0 Å². The van der Waals surface area contributed by atoms with Crippen LogP contribution in [0.4, 0.5) is 0 Å². The molecule has 0 aromatic carbocycles. The van der Waals surface area contributed by atoms with Crippen LogP contribution in [0.1, 0.15) is 34.6 Å². The number of hydrogen-bond donors (Lipinski definition) is 0. The summed E-state index contributed by atoms with van der Waals surface area (Å²) in [7, 11) is 3.59. The Hall–Kier alpha value is -2.08. The van der Waals surface area contributed by atoms with Gasteiger partial charge in [-0.3, -0.25) is 9.48 Å². The first kappa shape index (κ1) is 14.8. The summed E-state index contributed by atoms with van der Waals surface area (Å²) in [6.45, 7) is 4.72. The van der Waals surface area contributed by atoms with Crippen LogP contribution in [-0.2, 0) is 24.9 Å². The number of nitrogens with zero attached hydrogens (tertiary/aromatic N) is 4. The van der Waals surface area contributed by atoms with E-state index in [-0.39, 0.29) is 11.8 Å². The lowest BCUT2D eigenvalue weighted by Crippen LogP contribution is -2.40. The van der Waals surface area contributed by atoms with Gasteiger partial charge in [-0.2, -0.15) is 5.10 Å². The summed E-state index contributed by atoms with van der Waals surface area (Å²) < 4.78 is 9.13. The Kier molecular flexibility index (Phi) is 4.02. The normalized spacial score (nSPS) is 17.6. The molecule has 1 amide bonds. The maximum atomic E-state index is 12.7. The van der Waals surface area contributed by atoms with E-state index in [9.17, 15) is 4.79 Å². The molecule has 6 heteroatoms. The molecular formula is C16H22N4O2. The molecule has 3 rings (SSSR count). The molecular weight excluding hydrogens is 280 g/mol. The molecule has 1 atom stereocenters. The monoisotopic (exact) mass is 302 g/mol. The van der Waals surface area contributed by atoms with E-state index in [4.69, 9.17) is 4.74 Å². The Balaban J connectivity index is 1.89. The van der Waals surface area contributed by atoms with Crippen molar-refractivity contribution >= 4 is 5.91 Å². The van der Waals surface area contributed by atoms with Crippen LogP contribution in [0, 0.1) is 0 Å². The fraction of sp³-hybridized carbons (Fsp3) is 0.500.